The van der Waals surface area contributed by atoms with Crippen LogP contribution >= 0.6 is 11.6 Å². The fraction of sp³-hybridized carbons (Fsp3) is 0.241. The average molecular weight is 522 g/mol. The number of hydrogen-bond donors (Lipinski definition) is 1. The largest absolute Gasteiger partial charge is 0.507 e. The fourth-order valence-electron chi connectivity index (χ4n) is 4.36. The number of halogens is 1. The van der Waals surface area contributed by atoms with Crippen LogP contribution in [-0.2, 0) is 16.1 Å². The summed E-state index contributed by atoms with van der Waals surface area (Å²) in [6.45, 7) is 3.96. The van der Waals surface area contributed by atoms with E-state index in [9.17, 15) is 14.7 Å². The maximum absolute atomic E-state index is 13.4. The van der Waals surface area contributed by atoms with Crippen LogP contribution in [0.1, 0.15) is 36.6 Å². The zero-order valence-corrected chi connectivity index (χ0v) is 21.8. The molecule has 0 aliphatic carbocycles. The minimum absolute atomic E-state index is 0.0548. The molecule has 0 aromatic heterocycles. The molecule has 0 saturated carbocycles. The van der Waals surface area contributed by atoms with Gasteiger partial charge in [0.15, 0.2) is 0 Å². The van der Waals surface area contributed by atoms with Gasteiger partial charge < -0.3 is 24.2 Å². The second-order valence-corrected chi connectivity index (χ2v) is 9.30. The highest BCUT2D eigenvalue weighted by Gasteiger charge is 2.46. The lowest BCUT2D eigenvalue weighted by Crippen LogP contribution is -2.29. The first-order chi connectivity index (χ1) is 17.7. The van der Waals surface area contributed by atoms with Crippen LogP contribution in [-0.4, -0.2) is 42.0 Å². The van der Waals surface area contributed by atoms with Gasteiger partial charge in [-0.1, -0.05) is 35.9 Å². The minimum Gasteiger partial charge on any atom is -0.507 e. The van der Waals surface area contributed by atoms with Crippen molar-refractivity contribution in [1.82, 2.24) is 4.90 Å². The van der Waals surface area contributed by atoms with Gasteiger partial charge in [0, 0.05) is 11.6 Å². The van der Waals surface area contributed by atoms with Crippen molar-refractivity contribution in [3.05, 3.63) is 94.0 Å². The number of benzene rings is 3. The molecule has 1 aliphatic heterocycles. The van der Waals surface area contributed by atoms with E-state index in [1.165, 1.54) is 18.1 Å². The number of aliphatic hydroxyl groups excluding tert-OH is 1. The van der Waals surface area contributed by atoms with E-state index in [0.29, 0.717) is 27.8 Å². The summed E-state index contributed by atoms with van der Waals surface area (Å²) in [5.41, 5.74) is 1.58. The molecule has 0 radical (unpaired) electrons. The number of Topliss-reactive ketones (excluding diaryl/α,β-unsaturated/α-hetero) is 1. The number of aliphatic hydroxyl groups is 1. The monoisotopic (exact) mass is 521 g/mol. The summed E-state index contributed by atoms with van der Waals surface area (Å²) in [4.78, 5) is 28.2. The number of ketones is 1. The molecule has 3 aromatic carbocycles. The van der Waals surface area contributed by atoms with Crippen LogP contribution in [0, 0.1) is 0 Å². The van der Waals surface area contributed by atoms with Crippen molar-refractivity contribution in [2.24, 2.45) is 0 Å². The van der Waals surface area contributed by atoms with E-state index in [0.717, 1.165) is 5.56 Å². The Labute approximate surface area is 220 Å². The second kappa shape index (κ2) is 11.0. The van der Waals surface area contributed by atoms with Gasteiger partial charge in [0.2, 0.25) is 0 Å². The van der Waals surface area contributed by atoms with Crippen LogP contribution in [0.25, 0.3) is 5.76 Å². The van der Waals surface area contributed by atoms with Crippen LogP contribution in [0.5, 0.6) is 17.2 Å². The molecular weight excluding hydrogens is 494 g/mol. The van der Waals surface area contributed by atoms with Crippen molar-refractivity contribution in [2.75, 3.05) is 14.2 Å². The third-order valence-electron chi connectivity index (χ3n) is 6.01. The van der Waals surface area contributed by atoms with Gasteiger partial charge in [-0.2, -0.15) is 0 Å². The van der Waals surface area contributed by atoms with E-state index in [1.807, 2.05) is 26.0 Å². The summed E-state index contributed by atoms with van der Waals surface area (Å²) >= 11 is 6.19. The smallest absolute Gasteiger partial charge is 0.295 e. The number of methoxy groups -OCH3 is 2. The minimum atomic E-state index is -0.874. The number of nitrogens with zero attached hydrogens (tertiary/aromatic N) is 1. The molecule has 1 atom stereocenters. The highest BCUT2D eigenvalue weighted by Crippen LogP contribution is 2.43. The lowest BCUT2D eigenvalue weighted by atomic mass is 9.94. The Morgan fingerprint density at radius 2 is 1.70 bits per heavy atom. The van der Waals surface area contributed by atoms with Gasteiger partial charge in [0.1, 0.15) is 23.0 Å². The molecule has 0 spiro atoms. The van der Waals surface area contributed by atoms with Crippen molar-refractivity contribution < 1.29 is 28.9 Å². The maximum atomic E-state index is 13.4. The molecule has 192 valence electrons. The molecule has 8 heteroatoms. The molecule has 1 unspecified atom stereocenters. The molecule has 1 heterocycles. The predicted molar refractivity (Wildman–Crippen MR) is 141 cm³/mol. The van der Waals surface area contributed by atoms with E-state index in [-0.39, 0.29) is 29.5 Å². The van der Waals surface area contributed by atoms with Gasteiger partial charge in [0.05, 0.1) is 37.5 Å². The summed E-state index contributed by atoms with van der Waals surface area (Å²) in [6, 6.07) is 18.2. The Kier molecular flexibility index (Phi) is 7.74. The molecule has 37 heavy (non-hydrogen) atoms. The van der Waals surface area contributed by atoms with Crippen LogP contribution in [0.3, 0.4) is 0 Å². The van der Waals surface area contributed by atoms with Crippen LogP contribution in [0.15, 0.2) is 72.3 Å². The quantitative estimate of drug-likeness (QED) is 0.230. The van der Waals surface area contributed by atoms with Crippen LogP contribution in [0.4, 0.5) is 0 Å². The fourth-order valence-corrected chi connectivity index (χ4v) is 4.53. The second-order valence-electron chi connectivity index (χ2n) is 8.86. The molecule has 1 amide bonds. The van der Waals surface area contributed by atoms with Crippen molar-refractivity contribution in [1.29, 1.82) is 0 Å². The third-order valence-corrected chi connectivity index (χ3v) is 6.25. The van der Waals surface area contributed by atoms with Crippen molar-refractivity contribution >= 4 is 29.1 Å². The van der Waals surface area contributed by atoms with Crippen molar-refractivity contribution in [2.45, 2.75) is 32.5 Å². The van der Waals surface area contributed by atoms with E-state index < -0.39 is 17.7 Å². The molecule has 0 bridgehead atoms. The lowest BCUT2D eigenvalue weighted by molar-refractivity contribution is -0.140. The van der Waals surface area contributed by atoms with Gasteiger partial charge >= 0.3 is 0 Å². The number of carbonyl (C=O) groups is 2. The maximum Gasteiger partial charge on any atom is 0.295 e. The standard InChI is InChI=1S/C29H28ClNO6/c1-17(2)37-22-7-5-6-19(14-22)26-25(27(32)23-15-20(30)10-13-24(23)36-4)28(33)29(34)31(26)16-18-8-11-21(35-3)12-9-18/h5-15,17,26,32H,16H2,1-4H3/b27-25+. The van der Waals surface area contributed by atoms with Gasteiger partial charge in [-0.3, -0.25) is 9.59 Å². The van der Waals surface area contributed by atoms with Gasteiger partial charge in [-0.15, -0.1) is 0 Å². The van der Waals surface area contributed by atoms with E-state index in [1.54, 1.807) is 55.6 Å². The molecule has 1 saturated heterocycles. The Bertz CT molecular complexity index is 1350. The van der Waals surface area contributed by atoms with E-state index >= 15 is 0 Å². The SMILES string of the molecule is COc1ccc(CN2C(=O)C(=O)/C(=C(/O)c3cc(Cl)ccc3OC)C2c2cccc(OC(C)C)c2)cc1. The molecule has 1 N–H and O–H groups in total. The zero-order chi connectivity index (χ0) is 26.7. The number of hydrogen-bond acceptors (Lipinski definition) is 6. The topological polar surface area (TPSA) is 85.3 Å². The molecular formula is C29H28ClNO6. The number of amides is 1. The van der Waals surface area contributed by atoms with Gasteiger partial charge in [0.25, 0.3) is 11.7 Å². The van der Waals surface area contributed by atoms with Gasteiger partial charge in [-0.05, 0) is 67.4 Å². The van der Waals surface area contributed by atoms with Crippen LogP contribution in [0.2, 0.25) is 5.02 Å². The zero-order valence-electron chi connectivity index (χ0n) is 21.0. The summed E-state index contributed by atoms with van der Waals surface area (Å²) in [7, 11) is 3.02. The number of carbonyl (C=O) groups excluding carboxylic acids is 2. The van der Waals surface area contributed by atoms with Crippen molar-refractivity contribution in [3.8, 4) is 17.2 Å². The Hall–Kier alpha value is -3.97. The summed E-state index contributed by atoms with van der Waals surface area (Å²) < 4.78 is 16.5. The lowest BCUT2D eigenvalue weighted by Gasteiger charge is -2.26. The first-order valence-corrected chi connectivity index (χ1v) is 12.1. The van der Waals surface area contributed by atoms with Gasteiger partial charge in [-0.25, -0.2) is 0 Å². The summed E-state index contributed by atoms with van der Waals surface area (Å²) in [5.74, 6) is -0.308. The first-order valence-electron chi connectivity index (χ1n) is 11.7. The number of ether oxygens (including phenoxy) is 3. The highest BCUT2D eigenvalue weighted by atomic mass is 35.5. The highest BCUT2D eigenvalue weighted by molar-refractivity contribution is 6.46. The summed E-state index contributed by atoms with van der Waals surface area (Å²) in [5, 5.41) is 11.8. The molecule has 7 nitrogen and oxygen atoms in total. The number of likely N-dealkylation sites (tertiary alicyclic amines) is 1. The Morgan fingerprint density at radius 3 is 2.35 bits per heavy atom. The number of rotatable bonds is 8. The first kappa shape index (κ1) is 26.1. The third kappa shape index (κ3) is 5.42. The van der Waals surface area contributed by atoms with Crippen LogP contribution < -0.4 is 14.2 Å². The average Bonchev–Trinajstić information content (AvgIpc) is 3.13. The molecule has 1 fully saturated rings. The molecule has 1 aliphatic rings. The predicted octanol–water partition coefficient (Wildman–Crippen LogP) is 5.77. The van der Waals surface area contributed by atoms with E-state index in [2.05, 4.69) is 0 Å². The van der Waals surface area contributed by atoms with Crippen molar-refractivity contribution in [3.63, 3.8) is 0 Å². The molecule has 4 rings (SSSR count). The molecule has 3 aromatic rings. The Balaban J connectivity index is 1.88. The Morgan fingerprint density at radius 1 is 0.973 bits per heavy atom. The van der Waals surface area contributed by atoms with E-state index in [4.69, 9.17) is 25.8 Å². The summed E-state index contributed by atoms with van der Waals surface area (Å²) in [6.07, 6.45) is -0.0726. The normalized spacial score (nSPS) is 16.8.